The van der Waals surface area contributed by atoms with Crippen molar-refractivity contribution in [3.05, 3.63) is 105 Å². The third-order valence-corrected chi connectivity index (χ3v) is 7.08. The molecule has 0 atom stereocenters. The summed E-state index contributed by atoms with van der Waals surface area (Å²) < 4.78 is 29.7. The molecule has 5 rings (SSSR count). The zero-order valence-electron chi connectivity index (χ0n) is 24.4. The van der Waals surface area contributed by atoms with Gasteiger partial charge in [0.15, 0.2) is 28.8 Å². The Bertz CT molecular complexity index is 1900. The zero-order valence-corrected chi connectivity index (χ0v) is 26.0. The van der Waals surface area contributed by atoms with Gasteiger partial charge in [-0.15, -0.1) is 0 Å². The Morgan fingerprint density at radius 1 is 0.886 bits per heavy atom. The minimum absolute atomic E-state index is 0.191. The largest absolute Gasteiger partial charge is 0.493 e. The molecule has 0 unspecified atom stereocenters. The van der Waals surface area contributed by atoms with Crippen molar-refractivity contribution in [3.8, 4) is 40.1 Å². The lowest BCUT2D eigenvalue weighted by molar-refractivity contribution is 0.0727. The van der Waals surface area contributed by atoms with E-state index in [-0.39, 0.29) is 16.9 Å². The van der Waals surface area contributed by atoms with E-state index in [1.165, 1.54) is 44.4 Å². The standard InChI is InChI=1S/C33H28BrN3O7/c1-5-43-27-16-20(10-15-26(27)44-33(39)22-17-28(40-2)30(42-4)29(18-22)41-3)19-35-37-31(21-11-13-23(34)14-12-21)36-25-9-7-6-8-24(25)32(37)38/h6-19H,5H2,1-4H3. The summed E-state index contributed by atoms with van der Waals surface area (Å²) >= 11 is 3.45. The van der Waals surface area contributed by atoms with Gasteiger partial charge in [-0.3, -0.25) is 4.79 Å². The fourth-order valence-corrected chi connectivity index (χ4v) is 4.72. The van der Waals surface area contributed by atoms with Crippen LogP contribution in [-0.2, 0) is 0 Å². The zero-order chi connectivity index (χ0) is 31.2. The number of hydrogen-bond donors (Lipinski definition) is 0. The maximum Gasteiger partial charge on any atom is 0.343 e. The lowest BCUT2D eigenvalue weighted by atomic mass is 10.1. The van der Waals surface area contributed by atoms with Gasteiger partial charge in [-0.2, -0.15) is 9.78 Å². The van der Waals surface area contributed by atoms with Gasteiger partial charge in [-0.05, 0) is 67.1 Å². The summed E-state index contributed by atoms with van der Waals surface area (Å²) in [5.41, 5.74) is 1.76. The monoisotopic (exact) mass is 657 g/mol. The van der Waals surface area contributed by atoms with Crippen molar-refractivity contribution in [3.63, 3.8) is 0 Å². The summed E-state index contributed by atoms with van der Waals surface area (Å²) in [6.07, 6.45) is 1.52. The van der Waals surface area contributed by atoms with Crippen LogP contribution in [0.2, 0.25) is 0 Å². The SMILES string of the molecule is CCOc1cc(C=Nn2c(-c3ccc(Br)cc3)nc3ccccc3c2=O)ccc1OC(=O)c1cc(OC)c(OC)c(OC)c1. The number of nitrogens with zero attached hydrogens (tertiary/aromatic N) is 3. The van der Waals surface area contributed by atoms with Gasteiger partial charge in [-0.25, -0.2) is 9.78 Å². The summed E-state index contributed by atoms with van der Waals surface area (Å²) in [5, 5.41) is 4.96. The van der Waals surface area contributed by atoms with Crippen LogP contribution in [0.4, 0.5) is 0 Å². The molecule has 0 fully saturated rings. The molecule has 10 nitrogen and oxygen atoms in total. The average Bonchev–Trinajstić information content (AvgIpc) is 3.05. The van der Waals surface area contributed by atoms with E-state index in [4.69, 9.17) is 28.7 Å². The highest BCUT2D eigenvalue weighted by Crippen LogP contribution is 2.39. The van der Waals surface area contributed by atoms with E-state index in [0.717, 1.165) is 10.0 Å². The number of esters is 1. The van der Waals surface area contributed by atoms with Crippen LogP contribution in [0, 0.1) is 0 Å². The highest BCUT2D eigenvalue weighted by Gasteiger charge is 2.20. The van der Waals surface area contributed by atoms with Gasteiger partial charge in [0.05, 0.1) is 50.6 Å². The van der Waals surface area contributed by atoms with Gasteiger partial charge in [-0.1, -0.05) is 40.2 Å². The number of fused-ring (bicyclic) bond motifs is 1. The lowest BCUT2D eigenvalue weighted by Gasteiger charge is -2.15. The normalized spacial score (nSPS) is 11.0. The second kappa shape index (κ2) is 13.4. The Morgan fingerprint density at radius 2 is 1.59 bits per heavy atom. The highest BCUT2D eigenvalue weighted by atomic mass is 79.9. The quantitative estimate of drug-likeness (QED) is 0.0970. The number of halogens is 1. The second-order valence-corrected chi connectivity index (χ2v) is 10.2. The highest BCUT2D eigenvalue weighted by molar-refractivity contribution is 9.10. The molecule has 0 aliphatic carbocycles. The first-order chi connectivity index (χ1) is 21.4. The summed E-state index contributed by atoms with van der Waals surface area (Å²) in [5.74, 6) is 1.23. The first-order valence-electron chi connectivity index (χ1n) is 13.5. The number of aromatic nitrogens is 2. The molecule has 0 amide bonds. The van der Waals surface area contributed by atoms with E-state index in [1.807, 2.05) is 37.3 Å². The summed E-state index contributed by atoms with van der Waals surface area (Å²) in [7, 11) is 4.40. The third kappa shape index (κ3) is 6.28. The van der Waals surface area contributed by atoms with Crippen LogP contribution in [0.3, 0.4) is 0 Å². The molecular formula is C33H28BrN3O7. The van der Waals surface area contributed by atoms with Gasteiger partial charge in [0.1, 0.15) is 0 Å². The number of hydrogen-bond acceptors (Lipinski definition) is 9. The molecule has 0 saturated heterocycles. The van der Waals surface area contributed by atoms with Gasteiger partial charge in [0, 0.05) is 10.0 Å². The lowest BCUT2D eigenvalue weighted by Crippen LogP contribution is -2.20. The molecule has 1 aromatic heterocycles. The second-order valence-electron chi connectivity index (χ2n) is 9.26. The van der Waals surface area contributed by atoms with E-state index in [9.17, 15) is 9.59 Å². The van der Waals surface area contributed by atoms with Crippen LogP contribution in [0.25, 0.3) is 22.3 Å². The summed E-state index contributed by atoms with van der Waals surface area (Å²) in [6.45, 7) is 2.13. The van der Waals surface area contributed by atoms with Crippen molar-refractivity contribution in [2.75, 3.05) is 27.9 Å². The summed E-state index contributed by atoms with van der Waals surface area (Å²) in [6, 6.07) is 22.6. The smallest absolute Gasteiger partial charge is 0.343 e. The number of benzene rings is 4. The van der Waals surface area contributed by atoms with Crippen molar-refractivity contribution in [2.24, 2.45) is 5.10 Å². The van der Waals surface area contributed by atoms with E-state index in [2.05, 4.69) is 21.0 Å². The number of para-hydroxylation sites is 1. The van der Waals surface area contributed by atoms with E-state index >= 15 is 0 Å². The van der Waals surface area contributed by atoms with Crippen LogP contribution in [-0.4, -0.2) is 49.8 Å². The molecule has 0 radical (unpaired) electrons. The predicted molar refractivity (Wildman–Crippen MR) is 171 cm³/mol. The molecule has 0 spiro atoms. The Labute approximate surface area is 261 Å². The molecule has 1 heterocycles. The maximum atomic E-state index is 13.5. The number of methoxy groups -OCH3 is 3. The van der Waals surface area contributed by atoms with Gasteiger partial charge >= 0.3 is 5.97 Å². The van der Waals surface area contributed by atoms with Crippen molar-refractivity contribution in [1.82, 2.24) is 9.66 Å². The molecule has 4 aromatic carbocycles. The first-order valence-corrected chi connectivity index (χ1v) is 14.3. The van der Waals surface area contributed by atoms with E-state index in [0.29, 0.717) is 51.9 Å². The number of rotatable bonds is 10. The fourth-order valence-electron chi connectivity index (χ4n) is 4.46. The molecule has 0 aliphatic heterocycles. The first kappa shape index (κ1) is 30.3. The van der Waals surface area contributed by atoms with E-state index in [1.54, 1.807) is 36.4 Å². The predicted octanol–water partition coefficient (Wildman–Crippen LogP) is 6.35. The van der Waals surface area contributed by atoms with Gasteiger partial charge in [0.2, 0.25) is 5.75 Å². The minimum atomic E-state index is -0.653. The van der Waals surface area contributed by atoms with Gasteiger partial charge < -0.3 is 23.7 Å². The van der Waals surface area contributed by atoms with Crippen LogP contribution in [0.5, 0.6) is 28.7 Å². The number of carbonyl (C=O) groups is 1. The van der Waals surface area contributed by atoms with Crippen LogP contribution in [0.15, 0.2) is 93.2 Å². The molecule has 0 saturated carbocycles. The Morgan fingerprint density at radius 3 is 2.25 bits per heavy atom. The molecule has 44 heavy (non-hydrogen) atoms. The van der Waals surface area contributed by atoms with Crippen molar-refractivity contribution >= 4 is 39.0 Å². The molecule has 0 bridgehead atoms. The van der Waals surface area contributed by atoms with E-state index < -0.39 is 5.97 Å². The molecule has 5 aromatic rings. The molecule has 11 heteroatoms. The molecule has 0 N–H and O–H groups in total. The topological polar surface area (TPSA) is 110 Å². The van der Waals surface area contributed by atoms with Crippen molar-refractivity contribution in [1.29, 1.82) is 0 Å². The molecular weight excluding hydrogens is 630 g/mol. The Kier molecular flexibility index (Phi) is 9.25. The van der Waals surface area contributed by atoms with Crippen LogP contribution < -0.4 is 29.2 Å². The fraction of sp³-hybridized carbons (Fsp3) is 0.152. The van der Waals surface area contributed by atoms with Gasteiger partial charge in [0.25, 0.3) is 5.56 Å². The molecule has 0 aliphatic rings. The van der Waals surface area contributed by atoms with Crippen molar-refractivity contribution in [2.45, 2.75) is 6.92 Å². The minimum Gasteiger partial charge on any atom is -0.493 e. The molecule has 224 valence electrons. The van der Waals surface area contributed by atoms with Crippen LogP contribution in [0.1, 0.15) is 22.8 Å². The van der Waals surface area contributed by atoms with Crippen LogP contribution >= 0.6 is 15.9 Å². The Balaban J connectivity index is 1.49. The number of carbonyl (C=O) groups excluding carboxylic acids is 1. The number of ether oxygens (including phenoxy) is 5. The maximum absolute atomic E-state index is 13.5. The van der Waals surface area contributed by atoms with Crippen molar-refractivity contribution < 1.29 is 28.5 Å². The average molecular weight is 659 g/mol. The third-order valence-electron chi connectivity index (χ3n) is 6.55. The Hall–Kier alpha value is -5.16. The summed E-state index contributed by atoms with van der Waals surface area (Å²) in [4.78, 5) is 31.4.